The lowest BCUT2D eigenvalue weighted by Gasteiger charge is -2.11. The molecule has 3 rings (SSSR count). The number of aromatic nitrogens is 5. The summed E-state index contributed by atoms with van der Waals surface area (Å²) in [4.78, 5) is 23.4. The highest BCUT2D eigenvalue weighted by molar-refractivity contribution is 5.78. The summed E-state index contributed by atoms with van der Waals surface area (Å²) in [5.74, 6) is 0.559. The van der Waals surface area contributed by atoms with E-state index in [1.54, 1.807) is 13.8 Å². The summed E-state index contributed by atoms with van der Waals surface area (Å²) in [7, 11) is 0. The van der Waals surface area contributed by atoms with Crippen molar-refractivity contribution in [2.75, 3.05) is 12.3 Å². The van der Waals surface area contributed by atoms with E-state index in [1.165, 1.54) is 4.68 Å². The first kappa shape index (κ1) is 15.0. The van der Waals surface area contributed by atoms with Crippen LogP contribution in [-0.2, 0) is 9.57 Å². The molecule has 1 aliphatic heterocycles. The first-order valence-electron chi connectivity index (χ1n) is 6.78. The zero-order valence-electron chi connectivity index (χ0n) is 12.5. The summed E-state index contributed by atoms with van der Waals surface area (Å²) in [6, 6.07) is 0. The number of H-pyrrole nitrogens is 1. The highest BCUT2D eigenvalue weighted by Gasteiger charge is 2.31. The van der Waals surface area contributed by atoms with Gasteiger partial charge in [0, 0.05) is 0 Å². The second-order valence-electron chi connectivity index (χ2n) is 5.07. The molecule has 3 heterocycles. The van der Waals surface area contributed by atoms with Crippen LogP contribution in [0.1, 0.15) is 26.5 Å². The number of nitrogens with one attached hydrogen (secondary N) is 1. The summed E-state index contributed by atoms with van der Waals surface area (Å²) in [6.07, 6.45) is -0.419. The Labute approximate surface area is 129 Å². The number of hydrogen-bond acceptors (Lipinski definition) is 9. The second kappa shape index (κ2) is 5.68. The molecule has 0 aliphatic carbocycles. The van der Waals surface area contributed by atoms with Crippen LogP contribution >= 0.6 is 0 Å². The number of ether oxygens (including phenoxy) is 1. The van der Waals surface area contributed by atoms with Crippen molar-refractivity contribution in [3.05, 3.63) is 21.9 Å². The highest BCUT2D eigenvalue weighted by atomic mass is 16.6. The molecule has 0 saturated carbocycles. The van der Waals surface area contributed by atoms with Gasteiger partial charge in [0.1, 0.15) is 6.61 Å². The average molecular weight is 321 g/mol. The zero-order valence-corrected chi connectivity index (χ0v) is 12.5. The summed E-state index contributed by atoms with van der Waals surface area (Å²) in [5.41, 5.74) is 6.00. The van der Waals surface area contributed by atoms with Crippen molar-refractivity contribution in [1.29, 1.82) is 0 Å². The van der Waals surface area contributed by atoms with Gasteiger partial charge in [0.15, 0.2) is 22.7 Å². The van der Waals surface area contributed by atoms with Gasteiger partial charge < -0.3 is 20.4 Å². The van der Waals surface area contributed by atoms with E-state index in [2.05, 4.69) is 25.4 Å². The average Bonchev–Trinajstić information content (AvgIpc) is 3.08. The van der Waals surface area contributed by atoms with Crippen LogP contribution in [0, 0.1) is 0 Å². The summed E-state index contributed by atoms with van der Waals surface area (Å²) < 4.78 is 6.91. The number of oxime groups is 1. The van der Waals surface area contributed by atoms with Crippen molar-refractivity contribution < 1.29 is 14.7 Å². The third-order valence-electron chi connectivity index (χ3n) is 3.06. The number of hydrogen-bond donors (Lipinski definition) is 3. The number of nitrogens with zero attached hydrogens (tertiary/aromatic N) is 5. The van der Waals surface area contributed by atoms with Gasteiger partial charge in [-0.3, -0.25) is 9.78 Å². The standard InChI is InChI=1S/C12H15N7O4/c1-5(2)17-23-6-3-8(22-7(6)4-20)19-10-9(16-18-19)11(21)15-12(13)14-10/h8,20H,3-4H2,1-2H3,(H3,13,14,15,21)/t8-/m1/s1. The minimum atomic E-state index is -0.668. The molecule has 11 nitrogen and oxygen atoms in total. The van der Waals surface area contributed by atoms with Gasteiger partial charge in [0.25, 0.3) is 5.56 Å². The van der Waals surface area contributed by atoms with Gasteiger partial charge in [-0.15, -0.1) is 5.10 Å². The molecule has 0 unspecified atom stereocenters. The molecule has 11 heteroatoms. The van der Waals surface area contributed by atoms with Gasteiger partial charge in [-0.25, -0.2) is 0 Å². The molecule has 0 spiro atoms. The van der Waals surface area contributed by atoms with E-state index >= 15 is 0 Å². The van der Waals surface area contributed by atoms with Gasteiger partial charge in [-0.05, 0) is 13.8 Å². The molecule has 4 N–H and O–H groups in total. The number of anilines is 1. The highest BCUT2D eigenvalue weighted by Crippen LogP contribution is 2.33. The van der Waals surface area contributed by atoms with Crippen LogP contribution in [0.3, 0.4) is 0 Å². The van der Waals surface area contributed by atoms with Crippen LogP contribution in [0.4, 0.5) is 5.95 Å². The van der Waals surface area contributed by atoms with Gasteiger partial charge >= 0.3 is 0 Å². The Hall–Kier alpha value is -2.95. The van der Waals surface area contributed by atoms with Crippen molar-refractivity contribution in [3.8, 4) is 0 Å². The van der Waals surface area contributed by atoms with E-state index in [0.717, 1.165) is 0 Å². The Balaban J connectivity index is 1.93. The van der Waals surface area contributed by atoms with Crippen LogP contribution in [-0.4, -0.2) is 42.4 Å². The lowest BCUT2D eigenvalue weighted by Crippen LogP contribution is -2.15. The molecule has 0 fully saturated rings. The number of rotatable bonds is 4. The van der Waals surface area contributed by atoms with Crippen LogP contribution in [0.15, 0.2) is 21.5 Å². The van der Waals surface area contributed by atoms with Gasteiger partial charge in [-0.2, -0.15) is 9.67 Å². The molecule has 122 valence electrons. The first-order chi connectivity index (χ1) is 11.0. The van der Waals surface area contributed by atoms with E-state index in [0.29, 0.717) is 11.5 Å². The molecule has 0 saturated heterocycles. The molecule has 2 aromatic rings. The quantitative estimate of drug-likeness (QED) is 0.509. The molecule has 0 aromatic carbocycles. The Morgan fingerprint density at radius 2 is 2.39 bits per heavy atom. The fourth-order valence-corrected chi connectivity index (χ4v) is 2.09. The fourth-order valence-electron chi connectivity index (χ4n) is 2.09. The van der Waals surface area contributed by atoms with E-state index < -0.39 is 11.8 Å². The van der Waals surface area contributed by atoms with E-state index in [4.69, 9.17) is 15.3 Å². The van der Waals surface area contributed by atoms with E-state index in [-0.39, 0.29) is 35.9 Å². The zero-order chi connectivity index (χ0) is 16.6. The van der Waals surface area contributed by atoms with Crippen LogP contribution in [0.5, 0.6) is 0 Å². The molecule has 1 aliphatic rings. The number of fused-ring (bicyclic) bond motifs is 1. The number of aliphatic hydroxyl groups is 1. The summed E-state index contributed by atoms with van der Waals surface area (Å²) in [6.45, 7) is 3.19. The predicted molar refractivity (Wildman–Crippen MR) is 79.1 cm³/mol. The van der Waals surface area contributed by atoms with Crippen molar-refractivity contribution in [2.24, 2.45) is 5.16 Å². The molecule has 23 heavy (non-hydrogen) atoms. The number of nitrogens with two attached hydrogens (primary N) is 1. The molecule has 0 amide bonds. The van der Waals surface area contributed by atoms with Crippen molar-refractivity contribution in [2.45, 2.75) is 26.5 Å². The van der Waals surface area contributed by atoms with Crippen LogP contribution < -0.4 is 11.3 Å². The molecule has 0 radical (unpaired) electrons. The maximum atomic E-state index is 11.8. The predicted octanol–water partition coefficient (Wildman–Crippen LogP) is -0.368. The summed E-state index contributed by atoms with van der Waals surface area (Å²) in [5, 5.41) is 20.9. The van der Waals surface area contributed by atoms with E-state index in [9.17, 15) is 9.90 Å². The third-order valence-corrected chi connectivity index (χ3v) is 3.06. The molecule has 2 aromatic heterocycles. The van der Waals surface area contributed by atoms with Crippen molar-refractivity contribution in [3.63, 3.8) is 0 Å². The Kier molecular flexibility index (Phi) is 3.70. The molecular weight excluding hydrogens is 306 g/mol. The third kappa shape index (κ3) is 2.73. The number of aliphatic hydroxyl groups excluding tert-OH is 1. The number of nitrogen functional groups attached to an aromatic ring is 1. The van der Waals surface area contributed by atoms with Crippen LogP contribution in [0.25, 0.3) is 11.2 Å². The van der Waals surface area contributed by atoms with Gasteiger partial charge in [0.2, 0.25) is 12.2 Å². The number of aromatic amines is 1. The molecule has 1 atom stereocenters. The second-order valence-corrected chi connectivity index (χ2v) is 5.07. The normalized spacial score (nSPS) is 17.4. The Bertz CT molecular complexity index is 862. The largest absolute Gasteiger partial charge is 0.466 e. The first-order valence-corrected chi connectivity index (χ1v) is 6.78. The van der Waals surface area contributed by atoms with E-state index in [1.807, 2.05) is 0 Å². The SMILES string of the molecule is CC(C)=NOC1=C(CO)O[C@@H](n2nnc3c(=O)[nH]c(N)nc32)C1. The van der Waals surface area contributed by atoms with Crippen molar-refractivity contribution in [1.82, 2.24) is 25.0 Å². The monoisotopic (exact) mass is 321 g/mol. The lowest BCUT2D eigenvalue weighted by atomic mass is 10.3. The Morgan fingerprint density at radius 3 is 3.09 bits per heavy atom. The smallest absolute Gasteiger partial charge is 0.282 e. The topological polar surface area (TPSA) is 154 Å². The van der Waals surface area contributed by atoms with Crippen LogP contribution in [0.2, 0.25) is 0 Å². The van der Waals surface area contributed by atoms with Crippen molar-refractivity contribution >= 4 is 22.8 Å². The van der Waals surface area contributed by atoms with Gasteiger partial charge in [0.05, 0.1) is 12.1 Å². The Morgan fingerprint density at radius 1 is 1.61 bits per heavy atom. The minimum Gasteiger partial charge on any atom is -0.466 e. The maximum absolute atomic E-state index is 11.8. The molecule has 0 bridgehead atoms. The minimum absolute atomic E-state index is 0.0464. The fraction of sp³-hybridized carbons (Fsp3) is 0.417. The lowest BCUT2D eigenvalue weighted by molar-refractivity contribution is 0.0549. The van der Waals surface area contributed by atoms with Gasteiger partial charge in [-0.1, -0.05) is 10.4 Å². The maximum Gasteiger partial charge on any atom is 0.282 e. The summed E-state index contributed by atoms with van der Waals surface area (Å²) >= 11 is 0. The molecular formula is C12H15N7O4.